The number of hydrogen-bond acceptors (Lipinski definition) is 4. The Kier molecular flexibility index (Phi) is 4.07. The maximum Gasteiger partial charge on any atom is 0.123 e. The topological polar surface area (TPSA) is 65.9 Å². The Morgan fingerprint density at radius 1 is 1.67 bits per heavy atom. The van der Waals surface area contributed by atoms with E-state index in [4.69, 9.17) is 11.0 Å². The second-order valence-electron chi connectivity index (χ2n) is 3.72. The van der Waals surface area contributed by atoms with Crippen LogP contribution >= 0.6 is 0 Å². The van der Waals surface area contributed by atoms with Crippen LogP contribution in [0.5, 0.6) is 0 Å². The third kappa shape index (κ3) is 3.56. The maximum absolute atomic E-state index is 8.59. The molecular formula is C11H16N4. The lowest BCUT2D eigenvalue weighted by Gasteiger charge is -2.22. The molecule has 0 aliphatic carbocycles. The predicted octanol–water partition coefficient (Wildman–Crippen LogP) is 1.40. The average Bonchev–Trinajstić information content (AvgIpc) is 2.18. The molecule has 4 heteroatoms. The highest BCUT2D eigenvalue weighted by molar-refractivity contribution is 5.31. The summed E-state index contributed by atoms with van der Waals surface area (Å²) in [6.07, 6.45) is 2.24. The molecule has 0 spiro atoms. The van der Waals surface area contributed by atoms with Crippen molar-refractivity contribution < 1.29 is 0 Å². The van der Waals surface area contributed by atoms with Crippen molar-refractivity contribution in [1.82, 2.24) is 9.88 Å². The van der Waals surface area contributed by atoms with E-state index in [1.165, 1.54) is 0 Å². The summed E-state index contributed by atoms with van der Waals surface area (Å²) in [7, 11) is 2.00. The second-order valence-corrected chi connectivity index (χ2v) is 3.72. The molecule has 80 valence electrons. The van der Waals surface area contributed by atoms with Gasteiger partial charge in [-0.3, -0.25) is 4.90 Å². The largest absolute Gasteiger partial charge is 0.384 e. The molecule has 1 rings (SSSR count). The summed E-state index contributed by atoms with van der Waals surface area (Å²) in [5.74, 6) is 0.536. The van der Waals surface area contributed by atoms with Gasteiger partial charge < -0.3 is 5.73 Å². The van der Waals surface area contributed by atoms with Crippen molar-refractivity contribution in [2.24, 2.45) is 0 Å². The van der Waals surface area contributed by atoms with Gasteiger partial charge in [0.05, 0.1) is 12.5 Å². The molecule has 0 aliphatic heterocycles. The quantitative estimate of drug-likeness (QED) is 0.805. The maximum atomic E-state index is 8.59. The zero-order chi connectivity index (χ0) is 11.3. The minimum Gasteiger partial charge on any atom is -0.384 e. The third-order valence-electron chi connectivity index (χ3n) is 2.42. The molecule has 1 aromatic rings. The van der Waals surface area contributed by atoms with E-state index in [2.05, 4.69) is 16.0 Å². The molecule has 1 heterocycles. The molecule has 1 atom stereocenters. The first-order chi connectivity index (χ1) is 7.13. The minimum absolute atomic E-state index is 0.254. The number of nitrogen functional groups attached to an aromatic ring is 1. The molecule has 0 saturated heterocycles. The molecule has 0 bridgehead atoms. The van der Waals surface area contributed by atoms with E-state index in [-0.39, 0.29) is 6.04 Å². The first-order valence-corrected chi connectivity index (χ1v) is 4.91. The van der Waals surface area contributed by atoms with Crippen molar-refractivity contribution in [1.29, 1.82) is 5.26 Å². The van der Waals surface area contributed by atoms with Gasteiger partial charge in [-0.05, 0) is 31.7 Å². The van der Waals surface area contributed by atoms with Crippen molar-refractivity contribution in [2.45, 2.75) is 25.9 Å². The van der Waals surface area contributed by atoms with Gasteiger partial charge in [0, 0.05) is 18.8 Å². The van der Waals surface area contributed by atoms with Gasteiger partial charge in [-0.15, -0.1) is 0 Å². The van der Waals surface area contributed by atoms with E-state index in [1.807, 2.05) is 26.1 Å². The predicted molar refractivity (Wildman–Crippen MR) is 59.8 cm³/mol. The van der Waals surface area contributed by atoms with Crippen LogP contribution in [0.25, 0.3) is 0 Å². The Morgan fingerprint density at radius 2 is 2.40 bits per heavy atom. The van der Waals surface area contributed by atoms with Crippen molar-refractivity contribution in [3.8, 4) is 6.07 Å². The van der Waals surface area contributed by atoms with E-state index in [0.717, 1.165) is 12.1 Å². The van der Waals surface area contributed by atoms with E-state index in [9.17, 15) is 0 Å². The summed E-state index contributed by atoms with van der Waals surface area (Å²) in [5, 5.41) is 8.59. The fourth-order valence-electron chi connectivity index (χ4n) is 1.32. The van der Waals surface area contributed by atoms with Gasteiger partial charge in [-0.2, -0.15) is 5.26 Å². The Balaban J connectivity index is 2.58. The van der Waals surface area contributed by atoms with Crippen molar-refractivity contribution in [3.05, 3.63) is 23.9 Å². The lowest BCUT2D eigenvalue weighted by molar-refractivity contribution is 0.252. The fourth-order valence-corrected chi connectivity index (χ4v) is 1.32. The highest BCUT2D eigenvalue weighted by atomic mass is 15.1. The smallest absolute Gasteiger partial charge is 0.123 e. The van der Waals surface area contributed by atoms with E-state index in [1.54, 1.807) is 6.20 Å². The Morgan fingerprint density at radius 3 is 3.00 bits per heavy atom. The molecule has 0 amide bonds. The van der Waals surface area contributed by atoms with Crippen LogP contribution in [0.15, 0.2) is 18.3 Å². The molecular weight excluding hydrogens is 188 g/mol. The number of anilines is 1. The zero-order valence-corrected chi connectivity index (χ0v) is 9.14. The van der Waals surface area contributed by atoms with Gasteiger partial charge in [-0.25, -0.2) is 4.98 Å². The summed E-state index contributed by atoms with van der Waals surface area (Å²) < 4.78 is 0. The summed E-state index contributed by atoms with van der Waals surface area (Å²) in [6, 6.07) is 6.21. The van der Waals surface area contributed by atoms with Crippen LogP contribution in [0.2, 0.25) is 0 Å². The van der Waals surface area contributed by atoms with E-state index in [0.29, 0.717) is 12.2 Å². The molecule has 0 aliphatic rings. The molecule has 2 N–H and O–H groups in total. The summed E-state index contributed by atoms with van der Waals surface area (Å²) >= 11 is 0. The summed E-state index contributed by atoms with van der Waals surface area (Å²) in [6.45, 7) is 2.82. The Labute approximate surface area is 90.3 Å². The number of nitrogens with two attached hydrogens (primary N) is 1. The van der Waals surface area contributed by atoms with Crippen molar-refractivity contribution >= 4 is 5.82 Å². The zero-order valence-electron chi connectivity index (χ0n) is 9.14. The standard InChI is InChI=1S/C11H16N4/c1-9(3-5-12)15(2)8-10-4-6-14-11(13)7-10/h4,6-7,9H,3,8H2,1-2H3,(H2,13,14). The Bertz CT molecular complexity index is 356. The second kappa shape index (κ2) is 5.32. The van der Waals surface area contributed by atoms with E-state index < -0.39 is 0 Å². The number of nitrogens with zero attached hydrogens (tertiary/aromatic N) is 3. The lowest BCUT2D eigenvalue weighted by atomic mass is 10.2. The van der Waals surface area contributed by atoms with Gasteiger partial charge in [0.15, 0.2) is 0 Å². The summed E-state index contributed by atoms with van der Waals surface area (Å²) in [4.78, 5) is 6.06. The first-order valence-electron chi connectivity index (χ1n) is 4.91. The lowest BCUT2D eigenvalue weighted by Crippen LogP contribution is -2.28. The van der Waals surface area contributed by atoms with Crippen LogP contribution in [-0.4, -0.2) is 23.0 Å². The Hall–Kier alpha value is -1.60. The van der Waals surface area contributed by atoms with Crippen LogP contribution < -0.4 is 5.73 Å². The highest BCUT2D eigenvalue weighted by Crippen LogP contribution is 2.09. The average molecular weight is 204 g/mol. The van der Waals surface area contributed by atoms with E-state index >= 15 is 0 Å². The van der Waals surface area contributed by atoms with Gasteiger partial charge in [0.2, 0.25) is 0 Å². The number of rotatable bonds is 4. The molecule has 15 heavy (non-hydrogen) atoms. The molecule has 1 unspecified atom stereocenters. The molecule has 1 aromatic heterocycles. The minimum atomic E-state index is 0.254. The number of nitriles is 1. The number of hydrogen-bond donors (Lipinski definition) is 1. The number of pyridine rings is 1. The van der Waals surface area contributed by atoms with Crippen molar-refractivity contribution in [3.63, 3.8) is 0 Å². The molecule has 0 fully saturated rings. The fraction of sp³-hybridized carbons (Fsp3) is 0.455. The third-order valence-corrected chi connectivity index (χ3v) is 2.42. The summed E-state index contributed by atoms with van der Waals surface area (Å²) in [5.41, 5.74) is 6.71. The van der Waals surface area contributed by atoms with Crippen LogP contribution in [0, 0.1) is 11.3 Å². The SMILES string of the molecule is CC(CC#N)N(C)Cc1ccnc(N)c1. The monoisotopic (exact) mass is 204 g/mol. The number of aromatic nitrogens is 1. The normalized spacial score (nSPS) is 12.4. The molecule has 0 saturated carbocycles. The van der Waals surface area contributed by atoms with Gasteiger partial charge in [0.1, 0.15) is 5.82 Å². The van der Waals surface area contributed by atoms with Gasteiger partial charge >= 0.3 is 0 Å². The molecule has 4 nitrogen and oxygen atoms in total. The van der Waals surface area contributed by atoms with Crippen LogP contribution in [-0.2, 0) is 6.54 Å². The molecule has 0 aromatic carbocycles. The van der Waals surface area contributed by atoms with Crippen LogP contribution in [0.4, 0.5) is 5.82 Å². The van der Waals surface area contributed by atoms with Crippen molar-refractivity contribution in [2.75, 3.05) is 12.8 Å². The van der Waals surface area contributed by atoms with Gasteiger partial charge in [-0.1, -0.05) is 0 Å². The van der Waals surface area contributed by atoms with Gasteiger partial charge in [0.25, 0.3) is 0 Å². The first kappa shape index (κ1) is 11.5. The molecule has 0 radical (unpaired) electrons. The van der Waals surface area contributed by atoms with Crippen LogP contribution in [0.1, 0.15) is 18.9 Å². The highest BCUT2D eigenvalue weighted by Gasteiger charge is 2.08. The van der Waals surface area contributed by atoms with Crippen LogP contribution in [0.3, 0.4) is 0 Å².